The van der Waals surface area contributed by atoms with E-state index in [1.54, 1.807) is 48.5 Å². The average Bonchev–Trinajstić information content (AvgIpc) is 2.68. The highest BCUT2D eigenvalue weighted by molar-refractivity contribution is 7.90. The predicted octanol–water partition coefficient (Wildman–Crippen LogP) is 3.74. The van der Waals surface area contributed by atoms with Crippen molar-refractivity contribution < 1.29 is 18.0 Å². The molecule has 3 aromatic rings. The van der Waals surface area contributed by atoms with Crippen LogP contribution in [0.5, 0.6) is 0 Å². The zero-order valence-corrected chi connectivity index (χ0v) is 15.9. The first kappa shape index (κ1) is 19.3. The Balaban J connectivity index is 1.66. The van der Waals surface area contributed by atoms with Crippen molar-refractivity contribution in [3.63, 3.8) is 0 Å². The maximum absolute atomic E-state index is 12.4. The second-order valence-electron chi connectivity index (χ2n) is 6.15. The number of amides is 2. The number of hydrogen-bond acceptors (Lipinski definition) is 4. The number of rotatable bonds is 5. The molecule has 0 bridgehead atoms. The Morgan fingerprint density at radius 3 is 1.93 bits per heavy atom. The van der Waals surface area contributed by atoms with Crippen molar-refractivity contribution in [1.29, 1.82) is 0 Å². The molecule has 6 nitrogen and oxygen atoms in total. The summed E-state index contributed by atoms with van der Waals surface area (Å²) in [4.78, 5) is 24.4. The van der Waals surface area contributed by atoms with Gasteiger partial charge in [0.1, 0.15) is 0 Å². The standard InChI is InChI=1S/C21H18N2O4S/c1-15-7-13-19(14-8-15)28(26,27)23-21(25)22-18-11-9-17(10-12-18)20(24)16-5-3-2-4-6-16/h2-14H,1H3,(H2,22,23,25). The molecule has 3 rings (SSSR count). The van der Waals surface area contributed by atoms with E-state index in [0.717, 1.165) is 5.56 Å². The summed E-state index contributed by atoms with van der Waals surface area (Å²) in [6.45, 7) is 1.84. The average molecular weight is 394 g/mol. The van der Waals surface area contributed by atoms with Crippen molar-refractivity contribution in [2.45, 2.75) is 11.8 Å². The number of aryl methyl sites for hydroxylation is 1. The van der Waals surface area contributed by atoms with Crippen molar-refractivity contribution >= 4 is 27.5 Å². The molecule has 2 amide bonds. The quantitative estimate of drug-likeness (QED) is 0.645. The number of benzene rings is 3. The van der Waals surface area contributed by atoms with Crippen LogP contribution in [-0.2, 0) is 10.0 Å². The van der Waals surface area contributed by atoms with Crippen LogP contribution in [0.1, 0.15) is 21.5 Å². The van der Waals surface area contributed by atoms with Crippen LogP contribution in [0, 0.1) is 6.92 Å². The van der Waals surface area contributed by atoms with E-state index in [0.29, 0.717) is 16.8 Å². The summed E-state index contributed by atoms with van der Waals surface area (Å²) in [5.41, 5.74) is 2.30. The monoisotopic (exact) mass is 394 g/mol. The summed E-state index contributed by atoms with van der Waals surface area (Å²) in [5, 5.41) is 2.44. The number of hydrogen-bond donors (Lipinski definition) is 2. The molecule has 0 aromatic heterocycles. The second kappa shape index (κ2) is 8.06. The lowest BCUT2D eigenvalue weighted by molar-refractivity contribution is 0.103. The van der Waals surface area contributed by atoms with Gasteiger partial charge in [-0.25, -0.2) is 17.9 Å². The van der Waals surface area contributed by atoms with Gasteiger partial charge in [0.15, 0.2) is 5.78 Å². The zero-order chi connectivity index (χ0) is 20.1. The second-order valence-corrected chi connectivity index (χ2v) is 7.83. The molecule has 3 aromatic carbocycles. The number of nitrogens with one attached hydrogen (secondary N) is 2. The molecule has 0 spiro atoms. The minimum Gasteiger partial charge on any atom is -0.307 e. The normalized spacial score (nSPS) is 10.9. The molecule has 0 saturated heterocycles. The van der Waals surface area contributed by atoms with Crippen LogP contribution >= 0.6 is 0 Å². The summed E-state index contributed by atoms with van der Waals surface area (Å²) in [5.74, 6) is -0.140. The van der Waals surface area contributed by atoms with E-state index >= 15 is 0 Å². The van der Waals surface area contributed by atoms with Gasteiger partial charge in [-0.3, -0.25) is 4.79 Å². The molecular weight excluding hydrogens is 376 g/mol. The molecule has 142 valence electrons. The summed E-state index contributed by atoms with van der Waals surface area (Å²) < 4.78 is 26.4. The Labute approximate surface area is 163 Å². The Bertz CT molecular complexity index is 1090. The largest absolute Gasteiger partial charge is 0.333 e. The number of carbonyl (C=O) groups is 2. The fraction of sp³-hybridized carbons (Fsp3) is 0.0476. The van der Waals surface area contributed by atoms with E-state index in [4.69, 9.17) is 0 Å². The minimum absolute atomic E-state index is 0.00273. The highest BCUT2D eigenvalue weighted by atomic mass is 32.2. The lowest BCUT2D eigenvalue weighted by atomic mass is 10.0. The predicted molar refractivity (Wildman–Crippen MR) is 107 cm³/mol. The number of ketones is 1. The van der Waals surface area contributed by atoms with E-state index in [1.807, 2.05) is 17.7 Å². The van der Waals surface area contributed by atoms with Gasteiger partial charge in [0.2, 0.25) is 0 Å². The van der Waals surface area contributed by atoms with Gasteiger partial charge < -0.3 is 5.32 Å². The smallest absolute Gasteiger partial charge is 0.307 e. The van der Waals surface area contributed by atoms with Crippen molar-refractivity contribution in [3.8, 4) is 0 Å². The van der Waals surface area contributed by atoms with Crippen LogP contribution in [0.15, 0.2) is 83.8 Å². The highest BCUT2D eigenvalue weighted by Gasteiger charge is 2.17. The van der Waals surface area contributed by atoms with Gasteiger partial charge in [-0.05, 0) is 43.3 Å². The van der Waals surface area contributed by atoms with Gasteiger partial charge in [-0.15, -0.1) is 0 Å². The molecule has 0 fully saturated rings. The van der Waals surface area contributed by atoms with Crippen molar-refractivity contribution in [2.75, 3.05) is 5.32 Å². The van der Waals surface area contributed by atoms with E-state index in [2.05, 4.69) is 5.32 Å². The topological polar surface area (TPSA) is 92.3 Å². The Hall–Kier alpha value is -3.45. The summed E-state index contributed by atoms with van der Waals surface area (Å²) in [7, 11) is -3.97. The fourth-order valence-corrected chi connectivity index (χ4v) is 3.42. The first-order valence-corrected chi connectivity index (χ1v) is 9.94. The molecule has 0 aliphatic rings. The van der Waals surface area contributed by atoms with Crippen LogP contribution < -0.4 is 10.0 Å². The number of urea groups is 1. The third-order valence-corrected chi connectivity index (χ3v) is 5.35. The molecule has 0 saturated carbocycles. The van der Waals surface area contributed by atoms with Crippen LogP contribution in [0.25, 0.3) is 0 Å². The van der Waals surface area contributed by atoms with Gasteiger partial charge in [-0.2, -0.15) is 0 Å². The molecule has 7 heteroatoms. The van der Waals surface area contributed by atoms with Crippen molar-refractivity contribution in [3.05, 3.63) is 95.6 Å². The fourth-order valence-electron chi connectivity index (χ4n) is 2.52. The molecular formula is C21H18N2O4S. The maximum Gasteiger partial charge on any atom is 0.333 e. The van der Waals surface area contributed by atoms with Gasteiger partial charge in [0.25, 0.3) is 10.0 Å². The molecule has 0 atom stereocenters. The van der Waals surface area contributed by atoms with Gasteiger partial charge >= 0.3 is 6.03 Å². The number of anilines is 1. The van der Waals surface area contributed by atoms with Gasteiger partial charge in [-0.1, -0.05) is 48.0 Å². The first-order valence-electron chi connectivity index (χ1n) is 8.45. The van der Waals surface area contributed by atoms with Crippen LogP contribution in [0.3, 0.4) is 0 Å². The summed E-state index contributed by atoms with van der Waals surface area (Å²) in [6.07, 6.45) is 0. The van der Waals surface area contributed by atoms with E-state index in [9.17, 15) is 18.0 Å². The van der Waals surface area contributed by atoms with Crippen LogP contribution in [0.4, 0.5) is 10.5 Å². The Kier molecular flexibility index (Phi) is 5.56. The van der Waals surface area contributed by atoms with Crippen molar-refractivity contribution in [2.24, 2.45) is 0 Å². The van der Waals surface area contributed by atoms with Gasteiger partial charge in [0, 0.05) is 16.8 Å². The SMILES string of the molecule is Cc1ccc(S(=O)(=O)NC(=O)Nc2ccc(C(=O)c3ccccc3)cc2)cc1. The summed E-state index contributed by atoms with van der Waals surface area (Å²) in [6, 6.07) is 20.3. The molecule has 0 radical (unpaired) electrons. The van der Waals surface area contributed by atoms with Crippen LogP contribution in [-0.4, -0.2) is 20.2 Å². The minimum atomic E-state index is -3.97. The van der Waals surface area contributed by atoms with Gasteiger partial charge in [0.05, 0.1) is 4.90 Å². The maximum atomic E-state index is 12.4. The zero-order valence-electron chi connectivity index (χ0n) is 15.0. The molecule has 0 aliphatic carbocycles. The van der Waals surface area contributed by atoms with Crippen molar-refractivity contribution in [1.82, 2.24) is 4.72 Å². The molecule has 0 heterocycles. The molecule has 28 heavy (non-hydrogen) atoms. The lowest BCUT2D eigenvalue weighted by Gasteiger charge is -2.09. The highest BCUT2D eigenvalue weighted by Crippen LogP contribution is 2.14. The Morgan fingerprint density at radius 2 is 1.32 bits per heavy atom. The van der Waals surface area contributed by atoms with E-state index in [1.165, 1.54) is 24.3 Å². The number of carbonyl (C=O) groups excluding carboxylic acids is 2. The number of sulfonamides is 1. The Morgan fingerprint density at radius 1 is 0.750 bits per heavy atom. The molecule has 2 N–H and O–H groups in total. The van der Waals surface area contributed by atoms with E-state index < -0.39 is 16.1 Å². The summed E-state index contributed by atoms with van der Waals surface area (Å²) >= 11 is 0. The third kappa shape index (κ3) is 4.63. The van der Waals surface area contributed by atoms with Crippen LogP contribution in [0.2, 0.25) is 0 Å². The molecule has 0 aliphatic heterocycles. The first-order chi connectivity index (χ1) is 13.3. The molecule has 0 unspecified atom stereocenters. The third-order valence-electron chi connectivity index (χ3n) is 4.00. The van der Waals surface area contributed by atoms with E-state index in [-0.39, 0.29) is 10.7 Å². The lowest BCUT2D eigenvalue weighted by Crippen LogP contribution is -2.34.